The standard InChI is InChI=1S/C16H20N6/c1-11-5-3-4-6-13(11)9-22-16(20-12(2)21-22)15(17)7-14-8-18-10-19-14/h3-6,8,10,15H,7,9,17H2,1-2H3,(H,18,19)/t15-/m0/s1. The average Bonchev–Trinajstić information content (AvgIpc) is 3.11. The molecule has 1 aromatic carbocycles. The Bertz CT molecular complexity index is 744. The summed E-state index contributed by atoms with van der Waals surface area (Å²) in [6.07, 6.45) is 4.10. The van der Waals surface area contributed by atoms with Crippen molar-refractivity contribution in [1.82, 2.24) is 24.7 Å². The average molecular weight is 296 g/mol. The maximum atomic E-state index is 6.32. The van der Waals surface area contributed by atoms with Crippen LogP contribution in [0.25, 0.3) is 0 Å². The first-order valence-corrected chi connectivity index (χ1v) is 7.32. The van der Waals surface area contributed by atoms with E-state index in [1.165, 1.54) is 11.1 Å². The zero-order valence-corrected chi connectivity index (χ0v) is 12.8. The van der Waals surface area contributed by atoms with Gasteiger partial charge in [-0.2, -0.15) is 5.10 Å². The molecule has 0 aliphatic heterocycles. The molecule has 0 fully saturated rings. The van der Waals surface area contributed by atoms with Crippen LogP contribution in [0.1, 0.15) is 34.5 Å². The third-order valence-corrected chi connectivity index (χ3v) is 3.71. The third-order valence-electron chi connectivity index (χ3n) is 3.71. The van der Waals surface area contributed by atoms with E-state index in [9.17, 15) is 0 Å². The zero-order chi connectivity index (χ0) is 15.5. The van der Waals surface area contributed by atoms with Gasteiger partial charge in [-0.25, -0.2) is 14.6 Å². The van der Waals surface area contributed by atoms with Crippen LogP contribution in [-0.2, 0) is 13.0 Å². The van der Waals surface area contributed by atoms with E-state index < -0.39 is 0 Å². The summed E-state index contributed by atoms with van der Waals surface area (Å²) in [4.78, 5) is 11.6. The van der Waals surface area contributed by atoms with E-state index in [1.54, 1.807) is 12.5 Å². The highest BCUT2D eigenvalue weighted by atomic mass is 15.4. The molecule has 0 unspecified atom stereocenters. The van der Waals surface area contributed by atoms with Gasteiger partial charge in [0.05, 0.1) is 18.9 Å². The van der Waals surface area contributed by atoms with E-state index in [0.29, 0.717) is 13.0 Å². The number of nitrogens with two attached hydrogens (primary N) is 1. The number of H-pyrrole nitrogens is 1. The van der Waals surface area contributed by atoms with Crippen LogP contribution in [0.15, 0.2) is 36.8 Å². The molecule has 3 aromatic rings. The monoisotopic (exact) mass is 296 g/mol. The minimum Gasteiger partial charge on any atom is -0.348 e. The Morgan fingerprint density at radius 2 is 2.09 bits per heavy atom. The summed E-state index contributed by atoms with van der Waals surface area (Å²) in [6, 6.07) is 8.07. The minimum absolute atomic E-state index is 0.217. The second-order valence-electron chi connectivity index (χ2n) is 5.49. The summed E-state index contributed by atoms with van der Waals surface area (Å²) in [5.41, 5.74) is 9.78. The lowest BCUT2D eigenvalue weighted by atomic mass is 10.1. The van der Waals surface area contributed by atoms with Crippen molar-refractivity contribution in [2.45, 2.75) is 32.9 Å². The molecular formula is C16H20N6. The zero-order valence-electron chi connectivity index (χ0n) is 12.8. The summed E-state index contributed by atoms with van der Waals surface area (Å²) in [5.74, 6) is 1.54. The molecule has 3 rings (SSSR count). The Morgan fingerprint density at radius 1 is 1.27 bits per heavy atom. The fourth-order valence-corrected chi connectivity index (χ4v) is 2.54. The maximum absolute atomic E-state index is 6.32. The Labute approximate surface area is 129 Å². The Morgan fingerprint density at radius 3 is 2.82 bits per heavy atom. The first-order valence-electron chi connectivity index (χ1n) is 7.32. The van der Waals surface area contributed by atoms with Crippen molar-refractivity contribution in [1.29, 1.82) is 0 Å². The van der Waals surface area contributed by atoms with Crippen LogP contribution in [-0.4, -0.2) is 24.7 Å². The molecule has 2 aromatic heterocycles. The Kier molecular flexibility index (Phi) is 4.02. The maximum Gasteiger partial charge on any atom is 0.147 e. The van der Waals surface area contributed by atoms with Gasteiger partial charge in [0.1, 0.15) is 11.6 Å². The van der Waals surface area contributed by atoms with Crippen molar-refractivity contribution in [2.75, 3.05) is 0 Å². The highest BCUT2D eigenvalue weighted by Crippen LogP contribution is 2.16. The molecule has 0 saturated carbocycles. The first-order chi connectivity index (χ1) is 10.6. The van der Waals surface area contributed by atoms with Gasteiger partial charge in [0, 0.05) is 18.3 Å². The highest BCUT2D eigenvalue weighted by Gasteiger charge is 2.17. The number of benzene rings is 1. The number of aryl methyl sites for hydroxylation is 2. The van der Waals surface area contributed by atoms with Crippen LogP contribution in [0.2, 0.25) is 0 Å². The fraction of sp³-hybridized carbons (Fsp3) is 0.312. The summed E-state index contributed by atoms with van der Waals surface area (Å²) in [6.45, 7) is 4.67. The lowest BCUT2D eigenvalue weighted by Gasteiger charge is -2.13. The van der Waals surface area contributed by atoms with E-state index in [0.717, 1.165) is 17.3 Å². The molecule has 3 N–H and O–H groups in total. The quantitative estimate of drug-likeness (QED) is 0.753. The number of rotatable bonds is 5. The van der Waals surface area contributed by atoms with Gasteiger partial charge in [-0.15, -0.1) is 0 Å². The third kappa shape index (κ3) is 3.07. The molecule has 0 aliphatic carbocycles. The van der Waals surface area contributed by atoms with Gasteiger partial charge >= 0.3 is 0 Å². The molecule has 22 heavy (non-hydrogen) atoms. The van der Waals surface area contributed by atoms with Gasteiger partial charge in [0.15, 0.2) is 0 Å². The van der Waals surface area contributed by atoms with Gasteiger partial charge in [-0.1, -0.05) is 24.3 Å². The fourth-order valence-electron chi connectivity index (χ4n) is 2.54. The van der Waals surface area contributed by atoms with Crippen molar-refractivity contribution in [3.05, 3.63) is 65.3 Å². The largest absolute Gasteiger partial charge is 0.348 e. The van der Waals surface area contributed by atoms with Crippen LogP contribution in [0.4, 0.5) is 0 Å². The molecule has 0 spiro atoms. The van der Waals surface area contributed by atoms with Crippen LogP contribution in [0.3, 0.4) is 0 Å². The van der Waals surface area contributed by atoms with Gasteiger partial charge in [-0.3, -0.25) is 0 Å². The van der Waals surface area contributed by atoms with Crippen molar-refractivity contribution in [2.24, 2.45) is 5.73 Å². The summed E-state index contributed by atoms with van der Waals surface area (Å²) >= 11 is 0. The van der Waals surface area contributed by atoms with Gasteiger partial charge in [0.25, 0.3) is 0 Å². The molecule has 0 saturated heterocycles. The van der Waals surface area contributed by atoms with Crippen molar-refractivity contribution < 1.29 is 0 Å². The molecule has 1 atom stereocenters. The van der Waals surface area contributed by atoms with E-state index >= 15 is 0 Å². The molecule has 0 radical (unpaired) electrons. The van der Waals surface area contributed by atoms with E-state index in [-0.39, 0.29) is 6.04 Å². The summed E-state index contributed by atoms with van der Waals surface area (Å²) < 4.78 is 1.90. The topological polar surface area (TPSA) is 85.4 Å². The van der Waals surface area contributed by atoms with Gasteiger partial charge in [-0.05, 0) is 25.0 Å². The SMILES string of the molecule is Cc1nc([C@@H](N)Cc2cnc[nH]2)n(Cc2ccccc2C)n1. The number of hydrogen-bond acceptors (Lipinski definition) is 4. The van der Waals surface area contributed by atoms with Crippen molar-refractivity contribution in [3.63, 3.8) is 0 Å². The van der Waals surface area contributed by atoms with Gasteiger partial charge in [0.2, 0.25) is 0 Å². The van der Waals surface area contributed by atoms with Crippen molar-refractivity contribution >= 4 is 0 Å². The predicted molar refractivity (Wildman–Crippen MR) is 84.3 cm³/mol. The smallest absolute Gasteiger partial charge is 0.147 e. The molecule has 114 valence electrons. The van der Waals surface area contributed by atoms with E-state index in [2.05, 4.69) is 39.1 Å². The summed E-state index contributed by atoms with van der Waals surface area (Å²) in [7, 11) is 0. The second-order valence-corrected chi connectivity index (χ2v) is 5.49. The molecule has 2 heterocycles. The number of hydrogen-bond donors (Lipinski definition) is 2. The number of aromatic nitrogens is 5. The van der Waals surface area contributed by atoms with Crippen LogP contribution in [0, 0.1) is 13.8 Å². The van der Waals surface area contributed by atoms with E-state index in [1.807, 2.05) is 23.7 Å². The number of nitrogens with zero attached hydrogens (tertiary/aromatic N) is 4. The lowest BCUT2D eigenvalue weighted by molar-refractivity contribution is 0.565. The molecular weight excluding hydrogens is 276 g/mol. The molecule has 0 bridgehead atoms. The second kappa shape index (κ2) is 6.11. The molecule has 6 nitrogen and oxygen atoms in total. The van der Waals surface area contributed by atoms with E-state index in [4.69, 9.17) is 5.73 Å². The minimum atomic E-state index is -0.217. The Balaban J connectivity index is 1.85. The lowest BCUT2D eigenvalue weighted by Crippen LogP contribution is -2.20. The van der Waals surface area contributed by atoms with Crippen LogP contribution < -0.4 is 5.73 Å². The number of imidazole rings is 1. The first kappa shape index (κ1) is 14.5. The van der Waals surface area contributed by atoms with Crippen LogP contribution in [0.5, 0.6) is 0 Å². The molecule has 6 heteroatoms. The van der Waals surface area contributed by atoms with Crippen LogP contribution >= 0.6 is 0 Å². The predicted octanol–water partition coefficient (Wildman–Crippen LogP) is 1.91. The number of aromatic amines is 1. The summed E-state index contributed by atoms with van der Waals surface area (Å²) in [5, 5.41) is 4.50. The number of nitrogens with one attached hydrogen (secondary N) is 1. The highest BCUT2D eigenvalue weighted by molar-refractivity contribution is 5.26. The van der Waals surface area contributed by atoms with Crippen molar-refractivity contribution in [3.8, 4) is 0 Å². The molecule has 0 aliphatic rings. The molecule has 0 amide bonds. The Hall–Kier alpha value is -2.47. The normalized spacial score (nSPS) is 12.5. The van der Waals surface area contributed by atoms with Gasteiger partial charge < -0.3 is 10.7 Å².